The van der Waals surface area contributed by atoms with Gasteiger partial charge >= 0.3 is 5.97 Å². The number of carboxylic acids is 1. The summed E-state index contributed by atoms with van der Waals surface area (Å²) in [6.45, 7) is 0. The molecule has 2 rings (SSSR count). The molecule has 1 aromatic heterocycles. The molecule has 1 heterocycles. The van der Waals surface area contributed by atoms with Crippen molar-refractivity contribution in [2.24, 2.45) is 0 Å². The van der Waals surface area contributed by atoms with E-state index in [4.69, 9.17) is 5.11 Å². The van der Waals surface area contributed by atoms with E-state index in [2.05, 4.69) is 6.07 Å². The van der Waals surface area contributed by atoms with Crippen LogP contribution in [0.4, 0.5) is 0 Å². The SMILES string of the molecule is O=C(O)c1ccc2sc[c]c2c1. The van der Waals surface area contributed by atoms with Gasteiger partial charge in [-0.2, -0.15) is 0 Å². The topological polar surface area (TPSA) is 37.3 Å². The zero-order valence-electron chi connectivity index (χ0n) is 6.07. The van der Waals surface area contributed by atoms with E-state index in [0.717, 1.165) is 10.1 Å². The molecule has 0 saturated heterocycles. The molecule has 0 amide bonds. The molecule has 0 spiro atoms. The second-order valence-electron chi connectivity index (χ2n) is 2.40. The molecule has 0 aliphatic heterocycles. The van der Waals surface area contributed by atoms with Crippen LogP contribution in [0.5, 0.6) is 0 Å². The third-order valence-corrected chi connectivity index (χ3v) is 2.47. The Balaban J connectivity index is 2.68. The number of carbonyl (C=O) groups is 1. The van der Waals surface area contributed by atoms with E-state index in [-0.39, 0.29) is 0 Å². The lowest BCUT2D eigenvalue weighted by atomic mass is 10.2. The van der Waals surface area contributed by atoms with Gasteiger partial charge in [-0.25, -0.2) is 4.79 Å². The van der Waals surface area contributed by atoms with Crippen LogP contribution in [0.1, 0.15) is 10.4 Å². The number of hydrogen-bond acceptors (Lipinski definition) is 2. The van der Waals surface area contributed by atoms with Gasteiger partial charge in [-0.3, -0.25) is 0 Å². The van der Waals surface area contributed by atoms with Gasteiger partial charge in [0.2, 0.25) is 0 Å². The molecule has 1 aromatic carbocycles. The van der Waals surface area contributed by atoms with Gasteiger partial charge in [0.1, 0.15) is 0 Å². The first-order valence-electron chi connectivity index (χ1n) is 3.39. The van der Waals surface area contributed by atoms with Gasteiger partial charge in [-0.1, -0.05) is 0 Å². The van der Waals surface area contributed by atoms with Crippen molar-refractivity contribution in [1.29, 1.82) is 0 Å². The first-order chi connectivity index (χ1) is 5.77. The van der Waals surface area contributed by atoms with E-state index < -0.39 is 5.97 Å². The third kappa shape index (κ3) is 1.08. The summed E-state index contributed by atoms with van der Waals surface area (Å²) in [5.74, 6) is -0.892. The van der Waals surface area contributed by atoms with Crippen molar-refractivity contribution in [3.8, 4) is 0 Å². The second-order valence-corrected chi connectivity index (χ2v) is 3.31. The monoisotopic (exact) mass is 177 g/mol. The highest BCUT2D eigenvalue weighted by Crippen LogP contribution is 2.20. The van der Waals surface area contributed by atoms with Gasteiger partial charge in [-0.15, -0.1) is 11.3 Å². The molecule has 2 aromatic rings. The van der Waals surface area contributed by atoms with E-state index in [1.807, 2.05) is 5.38 Å². The van der Waals surface area contributed by atoms with Gasteiger partial charge in [-0.05, 0) is 23.6 Å². The number of benzene rings is 1. The van der Waals surface area contributed by atoms with E-state index >= 15 is 0 Å². The molecule has 0 unspecified atom stereocenters. The Kier molecular flexibility index (Phi) is 1.59. The van der Waals surface area contributed by atoms with Crippen molar-refractivity contribution in [2.45, 2.75) is 0 Å². The molecule has 2 nitrogen and oxygen atoms in total. The summed E-state index contributed by atoms with van der Waals surface area (Å²) in [6.07, 6.45) is 0. The lowest BCUT2D eigenvalue weighted by molar-refractivity contribution is 0.0697. The molecule has 0 atom stereocenters. The molecule has 0 aliphatic rings. The van der Waals surface area contributed by atoms with Crippen molar-refractivity contribution >= 4 is 27.4 Å². The third-order valence-electron chi connectivity index (χ3n) is 1.63. The van der Waals surface area contributed by atoms with Crippen LogP contribution >= 0.6 is 11.3 Å². The standard InChI is InChI=1S/C9H5O2S/c10-9(11)7-1-2-8-6(5-7)3-4-12-8/h1-2,4-5H,(H,10,11). The lowest BCUT2D eigenvalue weighted by Crippen LogP contribution is -1.94. The normalized spacial score (nSPS) is 10.3. The maximum absolute atomic E-state index is 10.6. The number of aromatic carboxylic acids is 1. The summed E-state index contributed by atoms with van der Waals surface area (Å²) in [5, 5.41) is 11.4. The molecule has 0 bridgehead atoms. The number of thiophene rings is 1. The maximum Gasteiger partial charge on any atom is 0.335 e. The van der Waals surface area contributed by atoms with Crippen LogP contribution < -0.4 is 0 Å². The molecular weight excluding hydrogens is 172 g/mol. The summed E-state index contributed by atoms with van der Waals surface area (Å²) < 4.78 is 1.07. The van der Waals surface area contributed by atoms with Crippen molar-refractivity contribution in [1.82, 2.24) is 0 Å². The van der Waals surface area contributed by atoms with Crippen LogP contribution in [0, 0.1) is 6.07 Å². The van der Waals surface area contributed by atoms with Crippen LogP contribution in [-0.4, -0.2) is 11.1 Å². The van der Waals surface area contributed by atoms with Crippen molar-refractivity contribution in [3.05, 3.63) is 35.2 Å². The summed E-state index contributed by atoms with van der Waals surface area (Å²) in [7, 11) is 0. The highest BCUT2D eigenvalue weighted by atomic mass is 32.1. The molecule has 0 aliphatic carbocycles. The van der Waals surface area contributed by atoms with Gasteiger partial charge in [0.15, 0.2) is 0 Å². The minimum atomic E-state index is -0.892. The van der Waals surface area contributed by atoms with Crippen LogP contribution in [-0.2, 0) is 0 Å². The zero-order chi connectivity index (χ0) is 8.55. The lowest BCUT2D eigenvalue weighted by Gasteiger charge is -1.92. The summed E-state index contributed by atoms with van der Waals surface area (Å²) in [6, 6.07) is 8.01. The minimum Gasteiger partial charge on any atom is -0.478 e. The smallest absolute Gasteiger partial charge is 0.335 e. The fourth-order valence-electron chi connectivity index (χ4n) is 1.04. The van der Waals surface area contributed by atoms with Crippen LogP contribution in [0.15, 0.2) is 23.6 Å². The van der Waals surface area contributed by atoms with E-state index in [1.165, 1.54) is 0 Å². The highest BCUT2D eigenvalue weighted by Gasteiger charge is 2.03. The van der Waals surface area contributed by atoms with E-state index in [1.54, 1.807) is 29.5 Å². The highest BCUT2D eigenvalue weighted by molar-refractivity contribution is 7.17. The Labute approximate surface area is 73.1 Å². The van der Waals surface area contributed by atoms with Crippen LogP contribution in [0.25, 0.3) is 10.1 Å². The fourth-order valence-corrected chi connectivity index (χ4v) is 1.74. The summed E-state index contributed by atoms with van der Waals surface area (Å²) in [5.41, 5.74) is 0.317. The quantitative estimate of drug-likeness (QED) is 0.726. The largest absolute Gasteiger partial charge is 0.478 e. The number of hydrogen-bond donors (Lipinski definition) is 1. The summed E-state index contributed by atoms with van der Waals surface area (Å²) >= 11 is 1.56. The Morgan fingerprint density at radius 3 is 3.08 bits per heavy atom. The number of carboxylic acid groups (broad SMARTS) is 1. The van der Waals surface area contributed by atoms with Crippen molar-refractivity contribution in [3.63, 3.8) is 0 Å². The maximum atomic E-state index is 10.6. The average Bonchev–Trinajstić information content (AvgIpc) is 2.49. The molecular formula is C9H5O2S. The number of fused-ring (bicyclic) bond motifs is 1. The van der Waals surface area contributed by atoms with Gasteiger partial charge in [0.25, 0.3) is 0 Å². The Morgan fingerprint density at radius 2 is 2.33 bits per heavy atom. The predicted molar refractivity (Wildman–Crippen MR) is 47.6 cm³/mol. The Bertz CT molecular complexity index is 431. The van der Waals surface area contributed by atoms with Crippen molar-refractivity contribution in [2.75, 3.05) is 0 Å². The van der Waals surface area contributed by atoms with Crippen LogP contribution in [0.3, 0.4) is 0 Å². The Morgan fingerprint density at radius 1 is 1.50 bits per heavy atom. The minimum absolute atomic E-state index is 0.317. The first-order valence-corrected chi connectivity index (χ1v) is 4.27. The second kappa shape index (κ2) is 2.60. The molecule has 3 heteroatoms. The summed E-state index contributed by atoms with van der Waals surface area (Å²) in [4.78, 5) is 10.6. The molecule has 59 valence electrons. The van der Waals surface area contributed by atoms with Gasteiger partial charge < -0.3 is 5.11 Å². The Hall–Kier alpha value is -1.35. The first kappa shape index (κ1) is 7.31. The van der Waals surface area contributed by atoms with E-state index in [9.17, 15) is 4.79 Å². The zero-order valence-corrected chi connectivity index (χ0v) is 6.89. The molecule has 12 heavy (non-hydrogen) atoms. The fraction of sp³-hybridized carbons (Fsp3) is 0. The molecule has 1 radical (unpaired) electrons. The molecule has 0 fully saturated rings. The van der Waals surface area contributed by atoms with Crippen molar-refractivity contribution < 1.29 is 9.90 Å². The van der Waals surface area contributed by atoms with Gasteiger partial charge in [0, 0.05) is 16.2 Å². The molecule has 1 N–H and O–H groups in total. The predicted octanol–water partition coefficient (Wildman–Crippen LogP) is 2.40. The number of rotatable bonds is 1. The molecule has 0 saturated carbocycles. The van der Waals surface area contributed by atoms with E-state index in [0.29, 0.717) is 5.56 Å². The van der Waals surface area contributed by atoms with Gasteiger partial charge in [0.05, 0.1) is 5.56 Å². The average molecular weight is 177 g/mol. The van der Waals surface area contributed by atoms with Crippen LogP contribution in [0.2, 0.25) is 0 Å².